The topological polar surface area (TPSA) is 66.9 Å². The molecule has 0 aromatic rings. The molecule has 0 aliphatic carbocycles. The minimum absolute atomic E-state index is 0.246. The zero-order valence-electron chi connectivity index (χ0n) is 11.8. The lowest BCUT2D eigenvalue weighted by atomic mass is 10.2. The number of rotatable bonds is 6. The smallest absolute Gasteiger partial charge is 0.305 e. The van der Waals surface area contributed by atoms with Gasteiger partial charge in [-0.15, -0.1) is 0 Å². The fraction of sp³-hybridized carbons (Fsp3) is 0.917. The number of esters is 1. The van der Waals surface area contributed by atoms with Crippen LogP contribution in [0.5, 0.6) is 0 Å². The molecule has 0 unspecified atom stereocenters. The molecular formula is C12H24N2O4S. The van der Waals surface area contributed by atoms with Crippen LogP contribution in [0.2, 0.25) is 0 Å². The fourth-order valence-corrected chi connectivity index (χ4v) is 3.61. The number of carbonyl (C=O) groups is 1. The molecule has 0 radical (unpaired) electrons. The average Bonchev–Trinajstić information content (AvgIpc) is 2.67. The maximum atomic E-state index is 12.3. The van der Waals surface area contributed by atoms with Crippen molar-refractivity contribution in [2.45, 2.75) is 38.5 Å². The summed E-state index contributed by atoms with van der Waals surface area (Å²) in [5.74, 6) is -0.305. The lowest BCUT2D eigenvalue weighted by Crippen LogP contribution is -2.42. The largest absolute Gasteiger partial charge is 0.469 e. The molecular weight excluding hydrogens is 268 g/mol. The van der Waals surface area contributed by atoms with Crippen molar-refractivity contribution < 1.29 is 17.9 Å². The van der Waals surface area contributed by atoms with Crippen LogP contribution < -0.4 is 0 Å². The van der Waals surface area contributed by atoms with Crippen LogP contribution in [0.25, 0.3) is 0 Å². The molecule has 0 bridgehead atoms. The van der Waals surface area contributed by atoms with Crippen molar-refractivity contribution in [2.75, 3.05) is 33.8 Å². The van der Waals surface area contributed by atoms with Gasteiger partial charge in [-0.2, -0.15) is 17.0 Å². The van der Waals surface area contributed by atoms with Gasteiger partial charge in [-0.3, -0.25) is 4.79 Å². The lowest BCUT2D eigenvalue weighted by Gasteiger charge is -2.26. The molecule has 1 aliphatic heterocycles. The van der Waals surface area contributed by atoms with E-state index >= 15 is 0 Å². The lowest BCUT2D eigenvalue weighted by molar-refractivity contribution is -0.140. The predicted octanol–water partition coefficient (Wildman–Crippen LogP) is 0.992. The minimum atomic E-state index is -3.38. The van der Waals surface area contributed by atoms with Crippen molar-refractivity contribution in [2.24, 2.45) is 0 Å². The molecule has 1 heterocycles. The Morgan fingerprint density at radius 3 is 2.32 bits per heavy atom. The van der Waals surface area contributed by atoms with Crippen molar-refractivity contribution in [3.8, 4) is 0 Å². The Morgan fingerprint density at radius 1 is 1.21 bits per heavy atom. The quantitative estimate of drug-likeness (QED) is 0.685. The summed E-state index contributed by atoms with van der Waals surface area (Å²) >= 11 is 0. The molecule has 7 heteroatoms. The minimum Gasteiger partial charge on any atom is -0.469 e. The summed E-state index contributed by atoms with van der Waals surface area (Å²) in [6, 6.07) is 0. The number of methoxy groups -OCH3 is 1. The molecule has 1 rings (SSSR count). The monoisotopic (exact) mass is 292 g/mol. The van der Waals surface area contributed by atoms with Crippen LogP contribution in [0.3, 0.4) is 0 Å². The second-order valence-corrected chi connectivity index (χ2v) is 6.86. The van der Waals surface area contributed by atoms with E-state index in [1.165, 1.54) is 11.4 Å². The highest BCUT2D eigenvalue weighted by atomic mass is 32.2. The third kappa shape index (κ3) is 5.08. The van der Waals surface area contributed by atoms with Gasteiger partial charge in [-0.1, -0.05) is 12.8 Å². The average molecular weight is 292 g/mol. The highest BCUT2D eigenvalue weighted by Gasteiger charge is 2.27. The van der Waals surface area contributed by atoms with Gasteiger partial charge in [0, 0.05) is 33.1 Å². The molecule has 0 aromatic carbocycles. The van der Waals surface area contributed by atoms with E-state index in [0.29, 0.717) is 26.1 Å². The third-order valence-electron chi connectivity index (χ3n) is 3.37. The standard InChI is InChI=1S/C12H24N2O4S/c1-13(9-7-8-12(15)18-2)19(16,17)14-10-5-3-4-6-11-14/h3-11H2,1-2H3. The van der Waals surface area contributed by atoms with Crippen LogP contribution in [0.1, 0.15) is 38.5 Å². The first kappa shape index (κ1) is 16.4. The Hall–Kier alpha value is -0.660. The zero-order chi connectivity index (χ0) is 14.3. The summed E-state index contributed by atoms with van der Waals surface area (Å²) in [5.41, 5.74) is 0. The van der Waals surface area contributed by atoms with Gasteiger partial charge in [0.1, 0.15) is 0 Å². The van der Waals surface area contributed by atoms with E-state index in [4.69, 9.17) is 0 Å². The van der Waals surface area contributed by atoms with Gasteiger partial charge in [-0.05, 0) is 19.3 Å². The van der Waals surface area contributed by atoms with Crippen molar-refractivity contribution in [3.63, 3.8) is 0 Å². The van der Waals surface area contributed by atoms with Crippen LogP contribution in [-0.4, -0.2) is 56.8 Å². The van der Waals surface area contributed by atoms with Crippen LogP contribution in [0, 0.1) is 0 Å². The Bertz CT molecular complexity index is 375. The molecule has 0 amide bonds. The van der Waals surface area contributed by atoms with E-state index in [0.717, 1.165) is 25.7 Å². The van der Waals surface area contributed by atoms with Gasteiger partial charge >= 0.3 is 5.97 Å². The summed E-state index contributed by atoms with van der Waals surface area (Å²) in [7, 11) is -0.475. The van der Waals surface area contributed by atoms with E-state index in [2.05, 4.69) is 4.74 Å². The molecule has 1 aliphatic rings. The van der Waals surface area contributed by atoms with E-state index in [1.54, 1.807) is 11.4 Å². The highest BCUT2D eigenvalue weighted by molar-refractivity contribution is 7.86. The second-order valence-electron chi connectivity index (χ2n) is 4.82. The number of hydrogen-bond donors (Lipinski definition) is 0. The molecule has 1 saturated heterocycles. The Morgan fingerprint density at radius 2 is 1.79 bits per heavy atom. The molecule has 0 spiro atoms. The van der Waals surface area contributed by atoms with Crippen molar-refractivity contribution >= 4 is 16.2 Å². The van der Waals surface area contributed by atoms with E-state index < -0.39 is 10.2 Å². The zero-order valence-corrected chi connectivity index (χ0v) is 12.6. The maximum absolute atomic E-state index is 12.3. The molecule has 112 valence electrons. The number of ether oxygens (including phenoxy) is 1. The second kappa shape index (κ2) is 7.81. The number of nitrogens with zero attached hydrogens (tertiary/aromatic N) is 2. The molecule has 0 aromatic heterocycles. The summed E-state index contributed by atoms with van der Waals surface area (Å²) < 4.78 is 32.1. The van der Waals surface area contributed by atoms with E-state index in [1.807, 2.05) is 0 Å². The summed E-state index contributed by atoms with van der Waals surface area (Å²) in [4.78, 5) is 11.0. The Labute approximate surface area is 115 Å². The van der Waals surface area contributed by atoms with Gasteiger partial charge < -0.3 is 4.74 Å². The van der Waals surface area contributed by atoms with Crippen molar-refractivity contribution in [1.29, 1.82) is 0 Å². The van der Waals surface area contributed by atoms with Gasteiger partial charge in [0.25, 0.3) is 10.2 Å². The van der Waals surface area contributed by atoms with Gasteiger partial charge in [0.2, 0.25) is 0 Å². The van der Waals surface area contributed by atoms with Crippen molar-refractivity contribution in [1.82, 2.24) is 8.61 Å². The van der Waals surface area contributed by atoms with Crippen LogP contribution >= 0.6 is 0 Å². The van der Waals surface area contributed by atoms with Gasteiger partial charge in [0.05, 0.1) is 7.11 Å². The summed E-state index contributed by atoms with van der Waals surface area (Å²) in [6.07, 6.45) is 4.77. The first-order chi connectivity index (χ1) is 8.98. The molecule has 0 atom stereocenters. The fourth-order valence-electron chi connectivity index (χ4n) is 2.13. The summed E-state index contributed by atoms with van der Waals surface area (Å²) in [6.45, 7) is 1.54. The third-order valence-corrected chi connectivity index (χ3v) is 5.35. The predicted molar refractivity (Wildman–Crippen MR) is 72.8 cm³/mol. The summed E-state index contributed by atoms with van der Waals surface area (Å²) in [5, 5.41) is 0. The van der Waals surface area contributed by atoms with Crippen molar-refractivity contribution in [3.05, 3.63) is 0 Å². The first-order valence-electron chi connectivity index (χ1n) is 6.76. The van der Waals surface area contributed by atoms with Gasteiger partial charge in [-0.25, -0.2) is 0 Å². The SMILES string of the molecule is COC(=O)CCCN(C)S(=O)(=O)N1CCCCCC1. The normalized spacial score (nSPS) is 18.3. The molecule has 1 fully saturated rings. The van der Waals surface area contributed by atoms with Gasteiger partial charge in [0.15, 0.2) is 0 Å². The van der Waals surface area contributed by atoms with Crippen LogP contribution in [0.4, 0.5) is 0 Å². The van der Waals surface area contributed by atoms with E-state index in [9.17, 15) is 13.2 Å². The maximum Gasteiger partial charge on any atom is 0.305 e. The molecule has 19 heavy (non-hydrogen) atoms. The molecule has 0 N–H and O–H groups in total. The van der Waals surface area contributed by atoms with Crippen LogP contribution in [0.15, 0.2) is 0 Å². The first-order valence-corrected chi connectivity index (χ1v) is 8.16. The number of carbonyl (C=O) groups excluding carboxylic acids is 1. The van der Waals surface area contributed by atoms with E-state index in [-0.39, 0.29) is 12.4 Å². The Kier molecular flexibility index (Phi) is 6.74. The highest BCUT2D eigenvalue weighted by Crippen LogP contribution is 2.15. The molecule has 6 nitrogen and oxygen atoms in total. The molecule has 0 saturated carbocycles. The Balaban J connectivity index is 2.48. The van der Waals surface area contributed by atoms with Crippen LogP contribution in [-0.2, 0) is 19.7 Å². The number of hydrogen-bond acceptors (Lipinski definition) is 4.